The zero-order valence-electron chi connectivity index (χ0n) is 77.5. The van der Waals surface area contributed by atoms with Gasteiger partial charge in [0.05, 0.1) is 112 Å². The van der Waals surface area contributed by atoms with Crippen LogP contribution >= 0.6 is 7.82 Å². The van der Waals surface area contributed by atoms with Gasteiger partial charge in [0.25, 0.3) is 0 Å². The Labute approximate surface area is 776 Å². The zero-order valence-corrected chi connectivity index (χ0v) is 78.4. The van der Waals surface area contributed by atoms with Crippen LogP contribution in [0.15, 0.2) is 165 Å². The summed E-state index contributed by atoms with van der Waals surface area (Å²) in [6, 6.07) is 27.4. The van der Waals surface area contributed by atoms with Crippen LogP contribution in [0, 0.1) is 33.7 Å². The lowest BCUT2D eigenvalue weighted by Gasteiger charge is -2.46. The molecular formula is C96H117F3N21O13P. The molecule has 0 spiro atoms. The lowest BCUT2D eigenvalue weighted by atomic mass is 9.84. The minimum atomic E-state index is -4.66. The summed E-state index contributed by atoms with van der Waals surface area (Å²) in [5.74, 6) is 1.78. The van der Waals surface area contributed by atoms with Gasteiger partial charge in [0, 0.05) is 108 Å². The molecule has 6 atom stereocenters. The first-order chi connectivity index (χ1) is 64.4. The van der Waals surface area contributed by atoms with E-state index < -0.39 is 59.8 Å². The number of hydrogen-bond acceptors (Lipinski definition) is 28. The summed E-state index contributed by atoms with van der Waals surface area (Å²) in [5, 5.41) is 33.0. The molecule has 6 aromatic carbocycles. The molecule has 34 nitrogen and oxygen atoms in total. The highest BCUT2D eigenvalue weighted by molar-refractivity contribution is 7.48. The lowest BCUT2D eigenvalue weighted by Crippen LogP contribution is -2.51. The third-order valence-electron chi connectivity index (χ3n) is 23.8. The SMILES string of the molecule is COc1cc2c(Nc3cnn(CC(=O)Nc4cccc(F)c4)c3)ncnc2cc1OCCCN1CCC[C@@H]1C(OP(=O)(OC([C@H]1CCCN1CCCOc1cc2ncnc(Nc3cnn(CC(=O)Nc4cccc(F)c4)c3)c2cc1OC)C(C)(C)C)OC([C@H]1CCCN1CCCOc1cc2ncnc(Nc3cnn(CC(=O)Nc4cccc(F)c4)c3)c2cc1OC)C(C)(C)C)C(C)(C)C. The van der Waals surface area contributed by atoms with Crippen LogP contribution in [0.25, 0.3) is 32.7 Å². The second-order valence-electron chi connectivity index (χ2n) is 37.0. The number of nitrogens with zero attached hydrogens (tertiary/aromatic N) is 15. The number of phosphoric ester groups is 1. The van der Waals surface area contributed by atoms with Crippen LogP contribution in [0.3, 0.4) is 0 Å². The predicted octanol–water partition coefficient (Wildman–Crippen LogP) is 17.2. The van der Waals surface area contributed by atoms with Gasteiger partial charge in [-0.3, -0.25) is 56.7 Å². The number of aromatic nitrogens is 12. The third-order valence-corrected chi connectivity index (χ3v) is 25.3. The Kier molecular flexibility index (Phi) is 30.6. The van der Waals surface area contributed by atoms with Gasteiger partial charge in [-0.1, -0.05) is 80.5 Å². The molecule has 3 fully saturated rings. The van der Waals surface area contributed by atoms with Crippen LogP contribution in [-0.2, 0) is 52.2 Å². The van der Waals surface area contributed by atoms with E-state index in [2.05, 4.69) is 154 Å². The summed E-state index contributed by atoms with van der Waals surface area (Å²) >= 11 is 0. The van der Waals surface area contributed by atoms with E-state index in [1.165, 1.54) is 87.6 Å². The van der Waals surface area contributed by atoms with E-state index in [1.807, 2.05) is 36.4 Å². The number of amides is 3. The third kappa shape index (κ3) is 24.7. The second-order valence-corrected chi connectivity index (χ2v) is 38.6. The number of benzene rings is 6. The largest absolute Gasteiger partial charge is 0.493 e. The summed E-state index contributed by atoms with van der Waals surface area (Å²) in [6.07, 6.45) is 18.9. The molecule has 0 saturated carbocycles. The van der Waals surface area contributed by atoms with E-state index in [-0.39, 0.29) is 55.5 Å². The van der Waals surface area contributed by atoms with Crippen LogP contribution in [0.1, 0.15) is 120 Å². The quantitative estimate of drug-likeness (QED) is 0.0153. The predicted molar refractivity (Wildman–Crippen MR) is 505 cm³/mol. The van der Waals surface area contributed by atoms with Crippen LogP contribution in [0.5, 0.6) is 34.5 Å². The average Bonchev–Trinajstić information content (AvgIpc) is 1.56. The molecule has 38 heteroatoms. The highest BCUT2D eigenvalue weighted by atomic mass is 31.2. The monoisotopic (exact) mass is 1860 g/mol. The number of anilines is 9. The van der Waals surface area contributed by atoms with Gasteiger partial charge < -0.3 is 60.3 Å². The molecule has 9 heterocycles. The summed E-state index contributed by atoms with van der Waals surface area (Å²) in [4.78, 5) is 73.3. The molecule has 3 aliphatic rings. The Hall–Kier alpha value is -12.6. The van der Waals surface area contributed by atoms with Crippen molar-refractivity contribution in [1.29, 1.82) is 0 Å². The van der Waals surface area contributed by atoms with Crippen molar-refractivity contribution in [2.45, 2.75) is 176 Å². The highest BCUT2D eigenvalue weighted by Crippen LogP contribution is 2.60. The van der Waals surface area contributed by atoms with Gasteiger partial charge in [-0.15, -0.1) is 0 Å². The second kappa shape index (κ2) is 42.7. The van der Waals surface area contributed by atoms with Gasteiger partial charge >= 0.3 is 7.82 Å². The molecule has 0 radical (unpaired) electrons. The molecule has 0 aliphatic carbocycles. The number of rotatable bonds is 42. The number of halogens is 3. The average molecular weight is 1860 g/mol. The van der Waals surface area contributed by atoms with E-state index in [9.17, 15) is 27.6 Å². The molecular weight excluding hydrogens is 1740 g/mol. The smallest absolute Gasteiger partial charge is 0.475 e. The van der Waals surface area contributed by atoms with Gasteiger partial charge in [0.15, 0.2) is 34.5 Å². The minimum Gasteiger partial charge on any atom is -0.493 e. The van der Waals surface area contributed by atoms with Crippen molar-refractivity contribution in [3.63, 3.8) is 0 Å². The molecule has 15 rings (SSSR count). The maximum Gasteiger partial charge on any atom is 0.475 e. The molecule has 3 aliphatic heterocycles. The van der Waals surface area contributed by atoms with E-state index in [0.29, 0.717) is 178 Å². The molecule has 12 aromatic rings. The van der Waals surface area contributed by atoms with Crippen LogP contribution < -0.4 is 60.3 Å². The first kappa shape index (κ1) is 96.0. The summed E-state index contributed by atoms with van der Waals surface area (Å²) < 4.78 is 123. The molecule has 6 aromatic heterocycles. The van der Waals surface area contributed by atoms with Crippen molar-refractivity contribution in [2.24, 2.45) is 16.2 Å². The van der Waals surface area contributed by atoms with Crippen molar-refractivity contribution < 1.29 is 74.1 Å². The number of methoxy groups -OCH3 is 3. The number of likely N-dealkylation sites (tertiary alicyclic amines) is 3. The van der Waals surface area contributed by atoms with Gasteiger partial charge in [-0.05, 0) is 166 Å². The fraction of sp³-hybridized carbons (Fsp3) is 0.438. The van der Waals surface area contributed by atoms with E-state index in [1.54, 1.807) is 76.7 Å². The van der Waals surface area contributed by atoms with Crippen molar-refractivity contribution >= 4 is 110 Å². The highest BCUT2D eigenvalue weighted by Gasteiger charge is 2.53. The maximum atomic E-state index is 17.4. The fourth-order valence-corrected chi connectivity index (χ4v) is 20.0. The Morgan fingerprint density at radius 2 is 0.694 bits per heavy atom. The summed E-state index contributed by atoms with van der Waals surface area (Å²) in [7, 11) is 0.0687. The number of phosphoric acid groups is 1. The van der Waals surface area contributed by atoms with Crippen molar-refractivity contribution in [1.82, 2.24) is 73.9 Å². The van der Waals surface area contributed by atoms with Crippen molar-refractivity contribution in [3.8, 4) is 34.5 Å². The van der Waals surface area contributed by atoms with Gasteiger partial charge in [-0.25, -0.2) is 47.6 Å². The minimum absolute atomic E-state index is 0.115. The van der Waals surface area contributed by atoms with Gasteiger partial charge in [0.2, 0.25) is 17.7 Å². The Balaban J connectivity index is 0.630. The van der Waals surface area contributed by atoms with Crippen LogP contribution in [0.4, 0.5) is 64.7 Å². The summed E-state index contributed by atoms with van der Waals surface area (Å²) in [5.41, 5.74) is 2.69. The molecule has 3 saturated heterocycles. The first-order valence-electron chi connectivity index (χ1n) is 45.2. The number of carbonyl (C=O) groups is 3. The van der Waals surface area contributed by atoms with Crippen molar-refractivity contribution in [2.75, 3.05) is 112 Å². The number of ether oxygens (including phenoxy) is 6. The molecule has 710 valence electrons. The molecule has 3 amide bonds. The Morgan fingerprint density at radius 1 is 0.403 bits per heavy atom. The Bertz CT molecular complexity index is 5570. The summed E-state index contributed by atoms with van der Waals surface area (Å²) in [6.45, 7) is 24.0. The first-order valence-corrected chi connectivity index (χ1v) is 46.6. The fourth-order valence-electron chi connectivity index (χ4n) is 17.7. The van der Waals surface area contributed by atoms with E-state index >= 15 is 4.57 Å². The molecule has 134 heavy (non-hydrogen) atoms. The lowest BCUT2D eigenvalue weighted by molar-refractivity contribution is -0.117. The van der Waals surface area contributed by atoms with E-state index in [0.717, 1.165) is 58.2 Å². The van der Waals surface area contributed by atoms with Gasteiger partial charge in [0.1, 0.15) is 73.5 Å². The zero-order chi connectivity index (χ0) is 94.4. The Morgan fingerprint density at radius 3 is 0.963 bits per heavy atom. The molecule has 6 N–H and O–H groups in total. The van der Waals surface area contributed by atoms with Gasteiger partial charge in [-0.2, -0.15) is 15.3 Å². The van der Waals surface area contributed by atoms with Crippen LogP contribution in [-0.4, -0.2) is 209 Å². The topological polar surface area (TPSA) is 364 Å². The standard InChI is InChI=1S/C96H117F3N21O13P/c1-94(2,3)88(76-28-16-31-115(76)34-19-37-128-82-46-73-70(43-79(82)125-10)91(103-58-100-73)112-67-49-106-118(52-67)55-85(121)109-64-25-13-22-61(97)40-64)131-134(124,132-89(95(4,5)6)77-29-17-32-116(77)35-20-38-129-83-47-74-71(44-80(83)126-11)92(104-59-101-74)113-68-50-107-119(53-68)56-86(122)110-65-26-14-23-62(98)41-65)133-90(96(7,8)9)78-30-18-33-117(78)36-21-39-130-84-48-75-72(45-81(84)127-12)93(105-60-102-75)114-69-51-108-120(54-69)57-87(123)111-66-27-15-24-63(99)42-66/h13-15,22-27,40-54,58-60,76-78,88-90H,16-21,28-39,55-57H2,1-12H3,(H,109,121)(H,110,122)(H,111,123)(H,100,103,112)(H,101,104,113)(H,102,105,114)/t76-,77-,78-,88?,89?,90?,134?/m1/s1. The van der Waals surface area contributed by atoms with Crippen molar-refractivity contribution in [3.05, 3.63) is 183 Å². The number of fused-ring (bicyclic) bond motifs is 3. The normalized spacial score (nSPS) is 16.9. The molecule has 0 bridgehead atoms. The van der Waals surface area contributed by atoms with E-state index in [4.69, 9.17) is 42.0 Å². The maximum absolute atomic E-state index is 17.4. The number of hydrogen-bond donors (Lipinski definition) is 6. The number of nitrogens with one attached hydrogen (secondary N) is 6. The molecule has 3 unspecified atom stereocenters. The number of carbonyl (C=O) groups excluding carboxylic acids is 3. The van der Waals surface area contributed by atoms with Crippen LogP contribution in [0.2, 0.25) is 0 Å².